The molecule has 12 nitrogen and oxygen atoms in total. The van der Waals surface area contributed by atoms with Gasteiger partial charge in [0.05, 0.1) is 36.8 Å². The molecule has 0 bridgehead atoms. The number of hydrogen-bond donors (Lipinski definition) is 0. The number of nitrogens with zero attached hydrogens (tertiary/aromatic N) is 2. The lowest BCUT2D eigenvalue weighted by Crippen LogP contribution is -2.30. The molecule has 0 N–H and O–H groups in total. The minimum Gasteiger partial charge on any atom is -0.493 e. The number of aromatic nitrogens is 2. The molecule has 2 atom stereocenters. The molecule has 0 aliphatic heterocycles. The molecule has 0 saturated heterocycles. The van der Waals surface area contributed by atoms with Gasteiger partial charge in [-0.25, -0.2) is 19.6 Å². The predicted molar refractivity (Wildman–Crippen MR) is 219 cm³/mol. The van der Waals surface area contributed by atoms with Gasteiger partial charge in [0.25, 0.3) is 0 Å². The molecule has 3 aromatic carbocycles. The van der Waals surface area contributed by atoms with Crippen LogP contribution in [-0.2, 0) is 54.2 Å². The average Bonchev–Trinajstić information content (AvgIpc) is 3.76. The number of ether oxygens (including phenoxy) is 6. The summed E-state index contributed by atoms with van der Waals surface area (Å²) in [5, 5.41) is 0. The van der Waals surface area contributed by atoms with E-state index in [4.69, 9.17) is 47.2 Å². The van der Waals surface area contributed by atoms with Crippen LogP contribution in [0.2, 0.25) is 0 Å². The first-order valence-corrected chi connectivity index (χ1v) is 20.0. The second-order valence-corrected chi connectivity index (χ2v) is 14.4. The van der Waals surface area contributed by atoms with Gasteiger partial charge in [-0.2, -0.15) is 0 Å². The Morgan fingerprint density at radius 2 is 1.00 bits per heavy atom. The summed E-state index contributed by atoms with van der Waals surface area (Å²) in [6.45, 7) is 16.5. The van der Waals surface area contributed by atoms with Crippen molar-refractivity contribution in [1.82, 2.24) is 9.97 Å². The van der Waals surface area contributed by atoms with Crippen LogP contribution in [0.5, 0.6) is 11.5 Å². The highest BCUT2D eigenvalue weighted by Crippen LogP contribution is 2.29. The molecule has 0 radical (unpaired) electrons. The van der Waals surface area contributed by atoms with Crippen molar-refractivity contribution in [2.24, 2.45) is 0 Å². The molecule has 5 aromatic rings. The monoisotopic (exact) mass is 796 g/mol. The Labute approximate surface area is 341 Å². The number of aryl methyl sites for hydroxylation is 2. The summed E-state index contributed by atoms with van der Waals surface area (Å²) < 4.78 is 46.2. The first kappa shape index (κ1) is 43.7. The zero-order chi connectivity index (χ0) is 41.6. The molecule has 2 aromatic heterocycles. The fourth-order valence-electron chi connectivity index (χ4n) is 6.19. The molecule has 12 heteroatoms. The number of esters is 2. The summed E-state index contributed by atoms with van der Waals surface area (Å²) in [6.07, 6.45) is 0.246. The lowest BCUT2D eigenvalue weighted by atomic mass is 10.1. The third-order valence-corrected chi connectivity index (χ3v) is 9.01. The average molecular weight is 797 g/mol. The molecule has 0 fully saturated rings. The zero-order valence-corrected chi connectivity index (χ0v) is 34.9. The number of carbonyl (C=O) groups excluding carboxylic acids is 2. The van der Waals surface area contributed by atoms with E-state index in [0.717, 1.165) is 45.2 Å². The molecule has 2 heterocycles. The van der Waals surface area contributed by atoms with E-state index in [1.165, 1.54) is 0 Å². The molecule has 0 spiro atoms. The van der Waals surface area contributed by atoms with Crippen molar-refractivity contribution in [2.45, 2.75) is 105 Å². The van der Waals surface area contributed by atoms with Gasteiger partial charge < -0.3 is 37.3 Å². The van der Waals surface area contributed by atoms with Crippen molar-refractivity contribution in [3.8, 4) is 34.4 Å². The maximum absolute atomic E-state index is 12.4. The van der Waals surface area contributed by atoms with Gasteiger partial charge in [-0.1, -0.05) is 30.3 Å². The maximum atomic E-state index is 12.4. The van der Waals surface area contributed by atoms with Gasteiger partial charge in [0.2, 0.25) is 11.8 Å². The maximum Gasteiger partial charge on any atom is 0.335 e. The third-order valence-electron chi connectivity index (χ3n) is 9.01. The topological polar surface area (TPSA) is 142 Å². The van der Waals surface area contributed by atoms with Gasteiger partial charge in [0, 0.05) is 50.0 Å². The van der Waals surface area contributed by atoms with Crippen molar-refractivity contribution in [3.05, 3.63) is 107 Å². The fraction of sp³-hybridized carbons (Fsp3) is 0.435. The van der Waals surface area contributed by atoms with Crippen molar-refractivity contribution >= 4 is 11.9 Å². The number of benzene rings is 3. The second-order valence-electron chi connectivity index (χ2n) is 14.4. The quantitative estimate of drug-likeness (QED) is 0.0619. The molecule has 310 valence electrons. The van der Waals surface area contributed by atoms with Gasteiger partial charge in [-0.15, -0.1) is 0 Å². The summed E-state index contributed by atoms with van der Waals surface area (Å²) >= 11 is 0. The van der Waals surface area contributed by atoms with E-state index < -0.39 is 12.2 Å². The highest BCUT2D eigenvalue weighted by Gasteiger charge is 2.23. The number of rotatable bonds is 22. The van der Waals surface area contributed by atoms with Crippen LogP contribution in [0.1, 0.15) is 75.6 Å². The summed E-state index contributed by atoms with van der Waals surface area (Å²) in [5.74, 6) is 3.17. The fourth-order valence-corrected chi connectivity index (χ4v) is 6.19. The smallest absolute Gasteiger partial charge is 0.335 e. The summed E-state index contributed by atoms with van der Waals surface area (Å²) in [5.41, 5.74) is 5.13. The SMILES string of the molecule is CCOC(Cc1ccc(OCCc2nc(-c3cccc(-c4nc(CCOc5ccc(CC(OCC)C(=O)OC(C)C)cc5)c(C)o4)c3)oc2C)cc1)C(=O)OC(C)C. The van der Waals surface area contributed by atoms with Gasteiger partial charge in [-0.05, 0) is 109 Å². The Hall–Kier alpha value is -5.46. The summed E-state index contributed by atoms with van der Waals surface area (Å²) in [4.78, 5) is 34.4. The molecule has 58 heavy (non-hydrogen) atoms. The number of oxazole rings is 2. The van der Waals surface area contributed by atoms with Crippen LogP contribution >= 0.6 is 0 Å². The first-order valence-electron chi connectivity index (χ1n) is 20.0. The Bertz CT molecular complexity index is 1910. The first-order chi connectivity index (χ1) is 27.9. The van der Waals surface area contributed by atoms with Gasteiger partial charge in [0.15, 0.2) is 12.2 Å². The largest absolute Gasteiger partial charge is 0.493 e. The Balaban J connectivity index is 1.12. The molecule has 0 aliphatic carbocycles. The third kappa shape index (κ3) is 12.8. The zero-order valence-electron chi connectivity index (χ0n) is 34.9. The number of carbonyl (C=O) groups is 2. The molecule has 5 rings (SSSR count). The van der Waals surface area contributed by atoms with E-state index in [1.807, 2.05) is 128 Å². The highest BCUT2D eigenvalue weighted by molar-refractivity contribution is 5.75. The molecular formula is C46H56N2O10. The van der Waals surface area contributed by atoms with Crippen LogP contribution in [0, 0.1) is 13.8 Å². The lowest BCUT2D eigenvalue weighted by Gasteiger charge is -2.18. The predicted octanol–water partition coefficient (Wildman–Crippen LogP) is 8.65. The number of hydrogen-bond acceptors (Lipinski definition) is 12. The van der Waals surface area contributed by atoms with Crippen molar-refractivity contribution in [1.29, 1.82) is 0 Å². The van der Waals surface area contributed by atoms with Gasteiger partial charge in [-0.3, -0.25) is 0 Å². The van der Waals surface area contributed by atoms with E-state index in [2.05, 4.69) is 0 Å². The lowest BCUT2D eigenvalue weighted by molar-refractivity contribution is -0.161. The molecule has 0 amide bonds. The molecular weight excluding hydrogens is 741 g/mol. The van der Waals surface area contributed by atoms with E-state index in [9.17, 15) is 9.59 Å². The van der Waals surface area contributed by atoms with Crippen LogP contribution in [0.15, 0.2) is 81.6 Å². The van der Waals surface area contributed by atoms with Crippen molar-refractivity contribution in [2.75, 3.05) is 26.4 Å². The molecule has 2 unspecified atom stereocenters. The normalized spacial score (nSPS) is 12.4. The van der Waals surface area contributed by atoms with E-state index in [1.54, 1.807) is 0 Å². The molecule has 0 saturated carbocycles. The Morgan fingerprint density at radius 1 is 0.603 bits per heavy atom. The highest BCUT2D eigenvalue weighted by atomic mass is 16.6. The summed E-state index contributed by atoms with van der Waals surface area (Å²) in [6, 6.07) is 23.0. The van der Waals surface area contributed by atoms with Crippen molar-refractivity contribution < 1.29 is 46.8 Å². The Morgan fingerprint density at radius 3 is 1.36 bits per heavy atom. The van der Waals surface area contributed by atoms with Gasteiger partial charge in [0.1, 0.15) is 23.0 Å². The minimum absolute atomic E-state index is 0.202. The van der Waals surface area contributed by atoms with Gasteiger partial charge >= 0.3 is 11.9 Å². The van der Waals surface area contributed by atoms with Crippen LogP contribution in [0.3, 0.4) is 0 Å². The van der Waals surface area contributed by atoms with E-state index in [0.29, 0.717) is 75.4 Å². The minimum atomic E-state index is -0.652. The van der Waals surface area contributed by atoms with E-state index >= 15 is 0 Å². The van der Waals surface area contributed by atoms with Crippen molar-refractivity contribution in [3.63, 3.8) is 0 Å². The van der Waals surface area contributed by atoms with Crippen LogP contribution in [0.4, 0.5) is 0 Å². The summed E-state index contributed by atoms with van der Waals surface area (Å²) in [7, 11) is 0. The Kier molecular flexibility index (Phi) is 16.1. The molecule has 0 aliphatic rings. The van der Waals surface area contributed by atoms with E-state index in [-0.39, 0.29) is 24.1 Å². The standard InChI is InChI=1S/C46H56N2O10/c1-9-51-41(45(49)55-29(3)4)26-33-14-18-37(19-15-33)53-24-22-39-31(7)57-43(47-39)35-12-11-13-36(28-35)44-48-40(32(8)58-44)23-25-54-38-20-16-34(17-21-38)27-42(52-10-2)46(50)56-30(5)6/h11-21,28-30,41-42H,9-10,22-27H2,1-8H3. The van der Waals surface area contributed by atoms with Crippen LogP contribution in [-0.4, -0.2) is 72.7 Å². The second kappa shape index (κ2) is 21.3. The van der Waals surface area contributed by atoms with Crippen LogP contribution in [0.25, 0.3) is 22.9 Å². The van der Waals surface area contributed by atoms with Crippen LogP contribution < -0.4 is 9.47 Å².